The molecule has 0 bridgehead atoms. The zero-order valence-corrected chi connectivity index (χ0v) is 12.2. The van der Waals surface area contributed by atoms with E-state index in [1.165, 1.54) is 7.11 Å². The Balaban J connectivity index is 2.24. The van der Waals surface area contributed by atoms with Crippen LogP contribution < -0.4 is 4.90 Å². The number of carbonyl (C=O) groups is 1. The fourth-order valence-electron chi connectivity index (χ4n) is 2.39. The van der Waals surface area contributed by atoms with Crippen molar-refractivity contribution in [3.63, 3.8) is 0 Å². The summed E-state index contributed by atoms with van der Waals surface area (Å²) >= 11 is 0. The fourth-order valence-corrected chi connectivity index (χ4v) is 2.39. The minimum atomic E-state index is -0.623. The Bertz CT molecular complexity index is 502. The van der Waals surface area contributed by atoms with E-state index in [9.17, 15) is 9.90 Å². The third kappa shape index (κ3) is 3.45. The molecule has 2 heterocycles. The average Bonchev–Trinajstić information content (AvgIpc) is 2.58. The number of hydrogen-bond acceptors (Lipinski definition) is 6. The van der Waals surface area contributed by atoms with Gasteiger partial charge in [0.25, 0.3) is 0 Å². The predicted octanol–water partition coefficient (Wildman–Crippen LogP) is 1.31. The van der Waals surface area contributed by atoms with Crippen molar-refractivity contribution in [2.45, 2.75) is 38.7 Å². The molecule has 1 fully saturated rings. The van der Waals surface area contributed by atoms with Crippen molar-refractivity contribution in [2.24, 2.45) is 0 Å². The highest BCUT2D eigenvalue weighted by atomic mass is 16.5. The van der Waals surface area contributed by atoms with Crippen LogP contribution in [0.5, 0.6) is 0 Å². The molecule has 2 rings (SSSR count). The number of aliphatic hydroxyl groups is 1. The Morgan fingerprint density at radius 2 is 2.15 bits per heavy atom. The number of ether oxygens (including phenoxy) is 1. The van der Waals surface area contributed by atoms with Gasteiger partial charge in [-0.1, -0.05) is 0 Å². The first-order valence-electron chi connectivity index (χ1n) is 6.83. The van der Waals surface area contributed by atoms with Crippen molar-refractivity contribution in [1.29, 1.82) is 0 Å². The largest absolute Gasteiger partial charge is 0.463 e. The lowest BCUT2D eigenvalue weighted by molar-refractivity contribution is 0.0480. The number of anilines is 1. The van der Waals surface area contributed by atoms with Crippen LogP contribution in [0.1, 0.15) is 42.5 Å². The number of esters is 1. The molecule has 0 spiro atoms. The first-order valence-corrected chi connectivity index (χ1v) is 6.83. The van der Waals surface area contributed by atoms with Gasteiger partial charge in [-0.3, -0.25) is 0 Å². The molecule has 1 atom stereocenters. The SMILES string of the molecule is COC(=O)c1nc(C)cc(N2CCCC(C)(O)CC2)n1. The Morgan fingerprint density at radius 3 is 2.85 bits per heavy atom. The molecule has 0 aliphatic carbocycles. The zero-order chi connectivity index (χ0) is 14.8. The Labute approximate surface area is 118 Å². The van der Waals surface area contributed by atoms with E-state index in [-0.39, 0.29) is 5.82 Å². The lowest BCUT2D eigenvalue weighted by Gasteiger charge is -2.23. The summed E-state index contributed by atoms with van der Waals surface area (Å²) in [7, 11) is 1.32. The lowest BCUT2D eigenvalue weighted by atomic mass is 9.98. The topological polar surface area (TPSA) is 75.5 Å². The van der Waals surface area contributed by atoms with Gasteiger partial charge in [-0.05, 0) is 33.1 Å². The normalized spacial score (nSPS) is 23.3. The van der Waals surface area contributed by atoms with Crippen LogP contribution in [0.15, 0.2) is 6.07 Å². The third-order valence-electron chi connectivity index (χ3n) is 3.60. The van der Waals surface area contributed by atoms with E-state index in [1.807, 2.05) is 19.9 Å². The highest BCUT2D eigenvalue weighted by Crippen LogP contribution is 2.24. The quantitative estimate of drug-likeness (QED) is 0.823. The number of aryl methyl sites for hydroxylation is 1. The molecule has 1 aliphatic heterocycles. The van der Waals surface area contributed by atoms with Crippen LogP contribution in [0.25, 0.3) is 0 Å². The molecule has 1 aliphatic rings. The highest BCUT2D eigenvalue weighted by Gasteiger charge is 2.26. The number of carbonyl (C=O) groups excluding carboxylic acids is 1. The summed E-state index contributed by atoms with van der Waals surface area (Å²) in [6, 6.07) is 1.85. The van der Waals surface area contributed by atoms with Crippen LogP contribution in [0, 0.1) is 6.92 Å². The molecule has 0 aromatic carbocycles. The zero-order valence-electron chi connectivity index (χ0n) is 12.2. The number of aromatic nitrogens is 2. The van der Waals surface area contributed by atoms with Crippen LogP contribution in [-0.2, 0) is 4.74 Å². The number of rotatable bonds is 2. The molecule has 0 radical (unpaired) electrons. The molecule has 6 nitrogen and oxygen atoms in total. The van der Waals surface area contributed by atoms with Crippen molar-refractivity contribution in [3.8, 4) is 0 Å². The van der Waals surface area contributed by atoms with Gasteiger partial charge < -0.3 is 14.7 Å². The van der Waals surface area contributed by atoms with Crippen molar-refractivity contribution in [3.05, 3.63) is 17.6 Å². The first-order chi connectivity index (χ1) is 9.41. The van der Waals surface area contributed by atoms with Crippen LogP contribution in [0.4, 0.5) is 5.82 Å². The summed E-state index contributed by atoms with van der Waals surface area (Å²) in [4.78, 5) is 22.0. The summed E-state index contributed by atoms with van der Waals surface area (Å²) in [5.41, 5.74) is 0.105. The van der Waals surface area contributed by atoms with Gasteiger partial charge >= 0.3 is 5.97 Å². The van der Waals surface area contributed by atoms with Gasteiger partial charge in [-0.2, -0.15) is 0 Å². The highest BCUT2D eigenvalue weighted by molar-refractivity contribution is 5.85. The van der Waals surface area contributed by atoms with E-state index in [0.717, 1.165) is 30.9 Å². The van der Waals surface area contributed by atoms with Gasteiger partial charge in [0, 0.05) is 24.8 Å². The molecule has 1 aromatic rings. The van der Waals surface area contributed by atoms with Crippen LogP contribution >= 0.6 is 0 Å². The maximum atomic E-state index is 11.6. The van der Waals surface area contributed by atoms with Crippen molar-refractivity contribution in [1.82, 2.24) is 9.97 Å². The van der Waals surface area contributed by atoms with Gasteiger partial charge in [0.2, 0.25) is 5.82 Å². The minimum absolute atomic E-state index is 0.0820. The monoisotopic (exact) mass is 279 g/mol. The summed E-state index contributed by atoms with van der Waals surface area (Å²) in [5, 5.41) is 10.1. The van der Waals surface area contributed by atoms with Gasteiger partial charge in [0.15, 0.2) is 0 Å². The van der Waals surface area contributed by atoms with E-state index >= 15 is 0 Å². The molecule has 0 amide bonds. The fraction of sp³-hybridized carbons (Fsp3) is 0.643. The molecular weight excluding hydrogens is 258 g/mol. The van der Waals surface area contributed by atoms with Crippen molar-refractivity contribution < 1.29 is 14.6 Å². The minimum Gasteiger partial charge on any atom is -0.463 e. The van der Waals surface area contributed by atoms with E-state index in [2.05, 4.69) is 19.6 Å². The van der Waals surface area contributed by atoms with Crippen molar-refractivity contribution >= 4 is 11.8 Å². The summed E-state index contributed by atoms with van der Waals surface area (Å²) in [6.07, 6.45) is 2.35. The lowest BCUT2D eigenvalue weighted by Crippen LogP contribution is -2.29. The Kier molecular flexibility index (Phi) is 4.23. The maximum absolute atomic E-state index is 11.6. The van der Waals surface area contributed by atoms with E-state index in [4.69, 9.17) is 0 Å². The van der Waals surface area contributed by atoms with Gasteiger partial charge in [0.1, 0.15) is 5.82 Å². The Hall–Kier alpha value is -1.69. The van der Waals surface area contributed by atoms with Gasteiger partial charge in [0.05, 0.1) is 12.7 Å². The summed E-state index contributed by atoms with van der Waals surface area (Å²) in [6.45, 7) is 5.21. The van der Waals surface area contributed by atoms with Crippen LogP contribution in [-0.4, -0.2) is 46.8 Å². The van der Waals surface area contributed by atoms with Gasteiger partial charge in [-0.15, -0.1) is 0 Å². The molecule has 1 saturated heterocycles. The molecular formula is C14H21N3O3. The predicted molar refractivity (Wildman–Crippen MR) is 74.8 cm³/mol. The third-order valence-corrected chi connectivity index (χ3v) is 3.60. The molecule has 1 N–H and O–H groups in total. The Morgan fingerprint density at radius 1 is 1.40 bits per heavy atom. The standard InChI is InChI=1S/C14H21N3O3/c1-10-9-11(16-12(15-10)13(18)20-3)17-7-4-5-14(2,19)6-8-17/h9,19H,4-8H2,1-3H3. The number of hydrogen-bond donors (Lipinski definition) is 1. The number of nitrogens with zero attached hydrogens (tertiary/aromatic N) is 3. The molecule has 6 heteroatoms. The summed E-state index contributed by atoms with van der Waals surface area (Å²) < 4.78 is 4.67. The molecule has 1 aromatic heterocycles. The van der Waals surface area contributed by atoms with Crippen LogP contribution in [0.3, 0.4) is 0 Å². The average molecular weight is 279 g/mol. The first kappa shape index (κ1) is 14.7. The van der Waals surface area contributed by atoms with Crippen LogP contribution in [0.2, 0.25) is 0 Å². The maximum Gasteiger partial charge on any atom is 0.376 e. The van der Waals surface area contributed by atoms with Crippen molar-refractivity contribution in [2.75, 3.05) is 25.1 Å². The second-order valence-electron chi connectivity index (χ2n) is 5.52. The second kappa shape index (κ2) is 5.75. The molecule has 0 saturated carbocycles. The van der Waals surface area contributed by atoms with E-state index < -0.39 is 11.6 Å². The number of methoxy groups -OCH3 is 1. The molecule has 20 heavy (non-hydrogen) atoms. The smallest absolute Gasteiger partial charge is 0.376 e. The van der Waals surface area contributed by atoms with Gasteiger partial charge in [-0.25, -0.2) is 14.8 Å². The summed E-state index contributed by atoms with van der Waals surface area (Å²) in [5.74, 6) is 0.269. The van der Waals surface area contributed by atoms with E-state index in [1.54, 1.807) is 0 Å². The molecule has 1 unspecified atom stereocenters. The second-order valence-corrected chi connectivity index (χ2v) is 5.52. The molecule has 110 valence electrons. The van der Waals surface area contributed by atoms with E-state index in [0.29, 0.717) is 13.0 Å².